The van der Waals surface area contributed by atoms with E-state index in [9.17, 15) is 9.59 Å². The van der Waals surface area contributed by atoms with E-state index in [-0.39, 0.29) is 11.8 Å². The minimum absolute atomic E-state index is 0.0387. The Bertz CT molecular complexity index is 694. The smallest absolute Gasteiger partial charge is 0.234 e. The molecule has 0 radical (unpaired) electrons. The highest BCUT2D eigenvalue weighted by molar-refractivity contribution is 8.00. The van der Waals surface area contributed by atoms with Crippen LogP contribution in [0.5, 0.6) is 0 Å². The van der Waals surface area contributed by atoms with Gasteiger partial charge in [-0.15, -0.1) is 11.8 Å². The van der Waals surface area contributed by atoms with E-state index >= 15 is 0 Å². The lowest BCUT2D eigenvalue weighted by atomic mass is 10.0. The van der Waals surface area contributed by atoms with Gasteiger partial charge in [0, 0.05) is 23.2 Å². The lowest BCUT2D eigenvalue weighted by Crippen LogP contribution is -2.13. The molecule has 0 saturated carbocycles. The van der Waals surface area contributed by atoms with Gasteiger partial charge in [0.05, 0.1) is 5.75 Å². The summed E-state index contributed by atoms with van der Waals surface area (Å²) in [5, 5.41) is 5.61. The Morgan fingerprint density at radius 3 is 2.00 bits per heavy atom. The molecule has 0 unspecified atom stereocenters. The van der Waals surface area contributed by atoms with Gasteiger partial charge in [0.25, 0.3) is 0 Å². The van der Waals surface area contributed by atoms with Crippen LogP contribution < -0.4 is 10.6 Å². The first kappa shape index (κ1) is 18.1. The molecule has 2 amide bonds. The fourth-order valence-electron chi connectivity index (χ4n) is 2.14. The third-order valence-electron chi connectivity index (χ3n) is 3.41. The molecular weight excluding hydrogens is 320 g/mol. The lowest BCUT2D eigenvalue weighted by Gasteiger charge is -2.08. The number of benzene rings is 2. The number of carbonyl (C=O) groups is 2. The molecule has 0 atom stereocenters. The van der Waals surface area contributed by atoms with Gasteiger partial charge in [0.2, 0.25) is 11.8 Å². The zero-order chi connectivity index (χ0) is 17.5. The van der Waals surface area contributed by atoms with Crippen molar-refractivity contribution in [1.29, 1.82) is 0 Å². The molecule has 0 aliphatic heterocycles. The number of amides is 2. The summed E-state index contributed by atoms with van der Waals surface area (Å²) in [4.78, 5) is 24.0. The monoisotopic (exact) mass is 342 g/mol. The van der Waals surface area contributed by atoms with Crippen molar-refractivity contribution in [3.05, 3.63) is 54.1 Å². The second kappa shape index (κ2) is 8.55. The molecule has 0 heterocycles. The quantitative estimate of drug-likeness (QED) is 0.760. The zero-order valence-corrected chi connectivity index (χ0v) is 14.9. The Morgan fingerprint density at radius 2 is 1.46 bits per heavy atom. The molecule has 0 aliphatic rings. The van der Waals surface area contributed by atoms with Crippen molar-refractivity contribution in [3.63, 3.8) is 0 Å². The molecule has 24 heavy (non-hydrogen) atoms. The molecule has 4 nitrogen and oxygen atoms in total. The number of rotatable bonds is 6. The van der Waals surface area contributed by atoms with Gasteiger partial charge < -0.3 is 10.6 Å². The summed E-state index contributed by atoms with van der Waals surface area (Å²) >= 11 is 1.46. The van der Waals surface area contributed by atoms with E-state index in [4.69, 9.17) is 0 Å². The Kier molecular flexibility index (Phi) is 6.44. The van der Waals surface area contributed by atoms with Crippen molar-refractivity contribution in [3.8, 4) is 0 Å². The Hall–Kier alpha value is -2.27. The van der Waals surface area contributed by atoms with Gasteiger partial charge in [-0.1, -0.05) is 26.0 Å². The molecule has 5 heteroatoms. The number of hydrogen-bond donors (Lipinski definition) is 2. The van der Waals surface area contributed by atoms with E-state index in [2.05, 4.69) is 24.5 Å². The number of carbonyl (C=O) groups excluding carboxylic acids is 2. The minimum atomic E-state index is -0.0988. The van der Waals surface area contributed by atoms with E-state index in [1.54, 1.807) is 0 Å². The van der Waals surface area contributed by atoms with Crippen LogP contribution in [0, 0.1) is 0 Å². The molecule has 0 aromatic heterocycles. The highest BCUT2D eigenvalue weighted by Gasteiger charge is 2.05. The van der Waals surface area contributed by atoms with Gasteiger partial charge in [-0.25, -0.2) is 0 Å². The first-order valence-corrected chi connectivity index (χ1v) is 8.83. The van der Waals surface area contributed by atoms with Gasteiger partial charge in [-0.2, -0.15) is 0 Å². The van der Waals surface area contributed by atoms with E-state index < -0.39 is 0 Å². The SMILES string of the molecule is CC(=O)Nc1ccc(SCC(=O)Nc2ccc(C(C)C)cc2)cc1. The molecule has 2 aromatic rings. The first-order valence-electron chi connectivity index (χ1n) is 7.84. The van der Waals surface area contributed by atoms with Crippen molar-refractivity contribution >= 4 is 35.0 Å². The van der Waals surface area contributed by atoms with Crippen LogP contribution in [0.2, 0.25) is 0 Å². The Labute approximate surface area is 147 Å². The first-order chi connectivity index (χ1) is 11.4. The number of hydrogen-bond acceptors (Lipinski definition) is 3. The van der Waals surface area contributed by atoms with Gasteiger partial charge in [0.15, 0.2) is 0 Å². The van der Waals surface area contributed by atoms with Crippen LogP contribution in [0.3, 0.4) is 0 Å². The van der Waals surface area contributed by atoms with Gasteiger partial charge in [-0.05, 0) is 47.9 Å². The van der Waals surface area contributed by atoms with E-state index in [0.29, 0.717) is 11.7 Å². The molecule has 0 saturated heterocycles. The van der Waals surface area contributed by atoms with Crippen LogP contribution in [0.4, 0.5) is 11.4 Å². The van der Waals surface area contributed by atoms with Crippen molar-refractivity contribution in [2.24, 2.45) is 0 Å². The van der Waals surface area contributed by atoms with Gasteiger partial charge >= 0.3 is 0 Å². The van der Waals surface area contributed by atoms with E-state index in [1.165, 1.54) is 24.2 Å². The van der Waals surface area contributed by atoms with Crippen LogP contribution in [0.1, 0.15) is 32.3 Å². The molecule has 126 valence electrons. The average Bonchev–Trinajstić information content (AvgIpc) is 2.54. The zero-order valence-electron chi connectivity index (χ0n) is 14.1. The molecule has 2 rings (SSSR count). The topological polar surface area (TPSA) is 58.2 Å². The Balaban J connectivity index is 1.83. The normalized spacial score (nSPS) is 10.5. The van der Waals surface area contributed by atoms with Crippen LogP contribution in [-0.2, 0) is 9.59 Å². The summed E-state index contributed by atoms with van der Waals surface area (Å²) in [6.07, 6.45) is 0. The number of nitrogens with one attached hydrogen (secondary N) is 2. The molecule has 0 spiro atoms. The van der Waals surface area contributed by atoms with E-state index in [1.807, 2.05) is 48.5 Å². The van der Waals surface area contributed by atoms with Gasteiger partial charge in [0.1, 0.15) is 0 Å². The van der Waals surface area contributed by atoms with Crippen LogP contribution in [-0.4, -0.2) is 17.6 Å². The summed E-state index contributed by atoms with van der Waals surface area (Å²) in [6.45, 7) is 5.75. The summed E-state index contributed by atoms with van der Waals surface area (Å²) in [7, 11) is 0. The summed E-state index contributed by atoms with van der Waals surface area (Å²) in [5.41, 5.74) is 2.81. The van der Waals surface area contributed by atoms with Crippen LogP contribution in [0.15, 0.2) is 53.4 Å². The Morgan fingerprint density at radius 1 is 0.917 bits per heavy atom. The molecule has 0 bridgehead atoms. The number of anilines is 2. The predicted molar refractivity (Wildman–Crippen MR) is 101 cm³/mol. The summed E-state index contributed by atoms with van der Waals surface area (Å²) < 4.78 is 0. The fourth-order valence-corrected chi connectivity index (χ4v) is 2.83. The average molecular weight is 342 g/mol. The molecule has 0 fully saturated rings. The van der Waals surface area contributed by atoms with Crippen LogP contribution in [0.25, 0.3) is 0 Å². The minimum Gasteiger partial charge on any atom is -0.326 e. The van der Waals surface area contributed by atoms with Crippen molar-refractivity contribution in [2.75, 3.05) is 16.4 Å². The maximum Gasteiger partial charge on any atom is 0.234 e. The molecular formula is C19H22N2O2S. The number of thioether (sulfide) groups is 1. The second-order valence-corrected chi connectivity index (χ2v) is 6.87. The highest BCUT2D eigenvalue weighted by atomic mass is 32.2. The lowest BCUT2D eigenvalue weighted by molar-refractivity contribution is -0.114. The summed E-state index contributed by atoms with van der Waals surface area (Å²) in [5.74, 6) is 0.679. The van der Waals surface area contributed by atoms with Crippen molar-refractivity contribution in [1.82, 2.24) is 0 Å². The van der Waals surface area contributed by atoms with E-state index in [0.717, 1.165) is 16.3 Å². The van der Waals surface area contributed by atoms with Gasteiger partial charge in [-0.3, -0.25) is 9.59 Å². The third-order valence-corrected chi connectivity index (χ3v) is 4.42. The van der Waals surface area contributed by atoms with Crippen molar-refractivity contribution < 1.29 is 9.59 Å². The second-order valence-electron chi connectivity index (χ2n) is 5.82. The highest BCUT2D eigenvalue weighted by Crippen LogP contribution is 2.21. The summed E-state index contributed by atoms with van der Waals surface area (Å²) in [6, 6.07) is 15.4. The maximum atomic E-state index is 12.0. The fraction of sp³-hybridized carbons (Fsp3) is 0.263. The third kappa shape index (κ3) is 5.74. The predicted octanol–water partition coefficient (Wildman–Crippen LogP) is 4.50. The largest absolute Gasteiger partial charge is 0.326 e. The standard InChI is InChI=1S/C19H22N2O2S/c1-13(2)15-4-6-17(7-5-15)21-19(23)12-24-18-10-8-16(9-11-18)20-14(3)22/h4-11,13H,12H2,1-3H3,(H,20,22)(H,21,23). The maximum absolute atomic E-state index is 12.0. The van der Waals surface area contributed by atoms with Crippen molar-refractivity contribution in [2.45, 2.75) is 31.6 Å². The molecule has 2 N–H and O–H groups in total. The molecule has 0 aliphatic carbocycles. The molecule has 2 aromatic carbocycles. The van der Waals surface area contributed by atoms with Crippen LogP contribution >= 0.6 is 11.8 Å².